The van der Waals surface area contributed by atoms with E-state index in [-0.39, 0.29) is 66.9 Å². The molecule has 0 aromatic rings. The van der Waals surface area contributed by atoms with Crippen molar-refractivity contribution in [1.82, 2.24) is 0 Å². The summed E-state index contributed by atoms with van der Waals surface area (Å²) in [4.78, 5) is 30.8. The molecule has 3 fully saturated rings. The van der Waals surface area contributed by atoms with Crippen LogP contribution in [0.2, 0.25) is 0 Å². The van der Waals surface area contributed by atoms with Crippen molar-refractivity contribution in [3.05, 3.63) is 40.8 Å². The van der Waals surface area contributed by atoms with Crippen molar-refractivity contribution in [3.8, 4) is 0 Å². The summed E-state index contributed by atoms with van der Waals surface area (Å²) in [6, 6.07) is 0. The van der Waals surface area contributed by atoms with Crippen LogP contribution in [0.1, 0.15) is 93.4 Å². The minimum Gasteiger partial charge on any atom is -0.310 e. The third kappa shape index (κ3) is 3.26. The average Bonchev–Trinajstić information content (AvgIpc) is 2.72. The molecule has 6 atom stereocenters. The Morgan fingerprint density at radius 3 is 2.29 bits per heavy atom. The maximum atomic E-state index is 14.1. The molecule has 3 saturated carbocycles. The smallest absolute Gasteiger partial charge is 0.226 e. The van der Waals surface area contributed by atoms with E-state index < -0.39 is 10.8 Å². The van der Waals surface area contributed by atoms with Gasteiger partial charge in [-0.15, -0.1) is 0 Å². The molecule has 4 heteroatoms. The van der Waals surface area contributed by atoms with Gasteiger partial charge in [0.05, 0.1) is 6.57 Å². The number of allylic oxidation sites excluding steroid dienone is 4. The quantitative estimate of drug-likeness (QED) is 0.309. The maximum absolute atomic E-state index is 14.1. The molecular formula is C30H40NO2Y-. The Labute approximate surface area is 231 Å². The minimum atomic E-state index is -0.590. The van der Waals surface area contributed by atoms with Crippen LogP contribution >= 0.6 is 0 Å². The number of carbonyl (C=O) groups excluding carboxylic acids is 2. The van der Waals surface area contributed by atoms with Gasteiger partial charge in [-0.05, 0) is 41.1 Å². The molecule has 0 amide bonds. The number of rotatable bonds is 0. The van der Waals surface area contributed by atoms with Crippen LogP contribution in [0, 0.1) is 57.3 Å². The van der Waals surface area contributed by atoms with E-state index in [1.54, 1.807) is 5.92 Å². The van der Waals surface area contributed by atoms with Gasteiger partial charge in [0.15, 0.2) is 11.6 Å². The van der Waals surface area contributed by atoms with Crippen LogP contribution in [-0.4, -0.2) is 11.6 Å². The summed E-state index contributed by atoms with van der Waals surface area (Å²) < 4.78 is 0. The zero-order valence-corrected chi connectivity index (χ0v) is 25.0. The van der Waals surface area contributed by atoms with Gasteiger partial charge in [0.2, 0.25) is 5.70 Å². The largest absolute Gasteiger partial charge is 0.310 e. The molecule has 0 unspecified atom stereocenters. The van der Waals surface area contributed by atoms with Crippen molar-refractivity contribution in [3.63, 3.8) is 0 Å². The molecule has 181 valence electrons. The predicted octanol–water partition coefficient (Wildman–Crippen LogP) is 7.14. The molecule has 1 radical (unpaired) electrons. The molecule has 0 saturated heterocycles. The van der Waals surface area contributed by atoms with Gasteiger partial charge in [0.1, 0.15) is 0 Å². The molecule has 0 spiro atoms. The number of fused-ring (bicyclic) bond motifs is 7. The third-order valence-corrected chi connectivity index (χ3v) is 11.4. The number of carbonyl (C=O) groups is 2. The van der Waals surface area contributed by atoms with Gasteiger partial charge in [0.25, 0.3) is 0 Å². The Kier molecular flexibility index (Phi) is 6.19. The maximum Gasteiger partial charge on any atom is 0.226 e. The van der Waals surface area contributed by atoms with Crippen molar-refractivity contribution in [2.75, 3.05) is 0 Å². The Bertz CT molecular complexity index is 1040. The minimum absolute atomic E-state index is 0. The first-order chi connectivity index (χ1) is 15.2. The fourth-order valence-corrected chi connectivity index (χ4v) is 9.34. The molecule has 34 heavy (non-hydrogen) atoms. The van der Waals surface area contributed by atoms with E-state index in [9.17, 15) is 9.59 Å². The molecule has 0 heterocycles. The van der Waals surface area contributed by atoms with E-state index in [1.807, 2.05) is 26.0 Å². The van der Waals surface area contributed by atoms with Gasteiger partial charge < -0.3 is 10.7 Å². The van der Waals surface area contributed by atoms with Crippen LogP contribution in [0.5, 0.6) is 0 Å². The monoisotopic (exact) mass is 535 g/mol. The normalized spacial score (nSPS) is 44.7. The van der Waals surface area contributed by atoms with Gasteiger partial charge in [0, 0.05) is 49.5 Å². The van der Waals surface area contributed by atoms with Crippen LogP contribution in [-0.2, 0) is 42.3 Å². The first-order valence-electron chi connectivity index (χ1n) is 13.0. The summed E-state index contributed by atoms with van der Waals surface area (Å²) in [6.45, 7) is 23.5. The van der Waals surface area contributed by atoms with Gasteiger partial charge >= 0.3 is 0 Å². The van der Waals surface area contributed by atoms with Crippen molar-refractivity contribution >= 4 is 11.6 Å². The van der Waals surface area contributed by atoms with E-state index in [0.29, 0.717) is 17.1 Å². The van der Waals surface area contributed by atoms with Gasteiger partial charge in [-0.3, -0.25) is 4.79 Å². The topological polar surface area (TPSA) is 38.5 Å². The number of Topliss-reactive ketones (excluding diaryl/α,β-unsaturated/α-hetero) is 1. The van der Waals surface area contributed by atoms with E-state index >= 15 is 0 Å². The van der Waals surface area contributed by atoms with Crippen LogP contribution in [0.15, 0.2) is 23.4 Å². The second-order valence-corrected chi connectivity index (χ2v) is 13.9. The van der Waals surface area contributed by atoms with Crippen LogP contribution < -0.4 is 0 Å². The van der Waals surface area contributed by atoms with Crippen LogP contribution in [0.4, 0.5) is 0 Å². The second kappa shape index (κ2) is 7.95. The SMILES string of the molecule is [C-]#[N+]C1=C[C@]2(C)C3=CC(=O)[C@@H]4[C@@H]5CC(C)(C)CC[C-]5CC[C@@]4(C)[C@]3(C)CC[C@H]2C(C)(C)C1=O.[Y]. The summed E-state index contributed by atoms with van der Waals surface area (Å²) in [5.74, 6) is 2.51. The van der Waals surface area contributed by atoms with Gasteiger partial charge in [-0.2, -0.15) is 18.8 Å². The number of nitrogens with zero attached hydrogens (tertiary/aromatic N) is 1. The van der Waals surface area contributed by atoms with Crippen molar-refractivity contribution < 1.29 is 42.3 Å². The van der Waals surface area contributed by atoms with E-state index in [0.717, 1.165) is 32.1 Å². The first-order valence-corrected chi connectivity index (χ1v) is 13.0. The fourth-order valence-electron chi connectivity index (χ4n) is 9.34. The van der Waals surface area contributed by atoms with E-state index in [4.69, 9.17) is 6.57 Å². The van der Waals surface area contributed by atoms with E-state index in [1.165, 1.54) is 18.4 Å². The summed E-state index contributed by atoms with van der Waals surface area (Å²) in [6.07, 6.45) is 11.7. The average molecular weight is 536 g/mol. The predicted molar refractivity (Wildman–Crippen MR) is 131 cm³/mol. The molecular weight excluding hydrogens is 495 g/mol. The number of hydrogen-bond donors (Lipinski definition) is 0. The number of hydrogen-bond acceptors (Lipinski definition) is 2. The van der Waals surface area contributed by atoms with Crippen LogP contribution in [0.25, 0.3) is 4.85 Å². The summed E-state index contributed by atoms with van der Waals surface area (Å²) >= 11 is 0. The fraction of sp³-hybridized carbons (Fsp3) is 0.733. The number of ketones is 2. The summed E-state index contributed by atoms with van der Waals surface area (Å²) in [7, 11) is 0. The Hall–Kier alpha value is -0.586. The third-order valence-electron chi connectivity index (χ3n) is 11.4. The molecule has 5 rings (SSSR count). The van der Waals surface area contributed by atoms with Crippen LogP contribution in [0.3, 0.4) is 0 Å². The van der Waals surface area contributed by atoms with Gasteiger partial charge in [-0.25, -0.2) is 4.85 Å². The Morgan fingerprint density at radius 1 is 1.00 bits per heavy atom. The molecule has 0 N–H and O–H groups in total. The van der Waals surface area contributed by atoms with Gasteiger partial charge in [-0.1, -0.05) is 79.4 Å². The molecule has 3 nitrogen and oxygen atoms in total. The molecule has 0 bridgehead atoms. The van der Waals surface area contributed by atoms with Crippen molar-refractivity contribution in [1.29, 1.82) is 0 Å². The Morgan fingerprint density at radius 2 is 1.65 bits per heavy atom. The zero-order chi connectivity index (χ0) is 24.2. The molecule has 5 aliphatic rings. The molecule has 0 aromatic carbocycles. The Balaban J connectivity index is 0.00000274. The molecule has 0 aromatic heterocycles. The molecule has 0 aliphatic heterocycles. The van der Waals surface area contributed by atoms with Crippen molar-refractivity contribution in [2.24, 2.45) is 44.8 Å². The summed E-state index contributed by atoms with van der Waals surface area (Å²) in [5, 5.41) is 0. The summed E-state index contributed by atoms with van der Waals surface area (Å²) in [5.41, 5.74) is 0.567. The standard InChI is InChI=1S/C30H40NO2.Y/c1-26(2)12-9-18-10-13-30(7)24(19(18)16-26)21(32)15-23-28(5)17-20(31-8)25(33)27(3,4)22(28)11-14-29(23,30)6;/h15,17,19,22,24H,9-14,16H2,1-7H3;/q-1;/t19-,22+,24+,28+,29-,30-;/m1./s1. The zero-order valence-electron chi connectivity index (χ0n) is 22.2. The second-order valence-electron chi connectivity index (χ2n) is 13.9. The van der Waals surface area contributed by atoms with E-state index in [2.05, 4.69) is 39.5 Å². The molecule has 5 aliphatic carbocycles. The van der Waals surface area contributed by atoms with Crippen molar-refractivity contribution in [2.45, 2.75) is 93.4 Å². The first kappa shape index (κ1) is 26.5.